The van der Waals surface area contributed by atoms with E-state index in [0.29, 0.717) is 34.0 Å². The highest BCUT2D eigenvalue weighted by atomic mass is 32.2. The van der Waals surface area contributed by atoms with Crippen molar-refractivity contribution in [3.05, 3.63) is 63.8 Å². The molecule has 0 aliphatic heterocycles. The summed E-state index contributed by atoms with van der Waals surface area (Å²) < 4.78 is 8.04. The van der Waals surface area contributed by atoms with Crippen LogP contribution in [-0.2, 0) is 24.2 Å². The van der Waals surface area contributed by atoms with E-state index in [1.165, 1.54) is 28.7 Å². The molecule has 1 aliphatic carbocycles. The lowest BCUT2D eigenvalue weighted by Gasteiger charge is -2.18. The normalized spacial score (nSPS) is 15.6. The molecule has 37 heavy (non-hydrogen) atoms. The van der Waals surface area contributed by atoms with Crippen molar-refractivity contribution in [2.45, 2.75) is 64.8 Å². The summed E-state index contributed by atoms with van der Waals surface area (Å²) in [5, 5.41) is 12.7. The Kier molecular flexibility index (Phi) is 8.39. The predicted molar refractivity (Wildman–Crippen MR) is 149 cm³/mol. The molecule has 0 fully saturated rings. The molecule has 8 nitrogen and oxygen atoms in total. The summed E-state index contributed by atoms with van der Waals surface area (Å²) in [7, 11) is 0. The summed E-state index contributed by atoms with van der Waals surface area (Å²) in [6.45, 7) is 12.6. The Balaban J connectivity index is 1.45. The number of hydrogen-bond donors (Lipinski definition) is 2. The molecule has 2 unspecified atom stereocenters. The molecule has 0 saturated heterocycles. The highest BCUT2D eigenvalue weighted by Gasteiger charge is 2.27. The molecule has 2 aromatic heterocycles. The summed E-state index contributed by atoms with van der Waals surface area (Å²) in [6.07, 6.45) is 4.14. The van der Waals surface area contributed by atoms with Crippen LogP contribution >= 0.6 is 23.1 Å². The van der Waals surface area contributed by atoms with Gasteiger partial charge in [0.1, 0.15) is 10.8 Å². The summed E-state index contributed by atoms with van der Waals surface area (Å²) in [6, 6.07) is 5.97. The van der Waals surface area contributed by atoms with Crippen molar-refractivity contribution in [1.82, 2.24) is 14.8 Å². The van der Waals surface area contributed by atoms with Crippen LogP contribution in [-0.4, -0.2) is 32.3 Å². The number of nitrogens with zero attached hydrogens (tertiary/aromatic N) is 3. The lowest BCUT2D eigenvalue weighted by molar-refractivity contribution is -0.113. The van der Waals surface area contributed by atoms with Crippen LogP contribution in [0.3, 0.4) is 0 Å². The number of amides is 2. The van der Waals surface area contributed by atoms with Gasteiger partial charge < -0.3 is 15.8 Å². The molecule has 0 spiro atoms. The number of ether oxygens (including phenoxy) is 1. The maximum atomic E-state index is 12.9. The lowest BCUT2D eigenvalue weighted by Crippen LogP contribution is -2.20. The van der Waals surface area contributed by atoms with Crippen LogP contribution < -0.4 is 15.8 Å². The second kappa shape index (κ2) is 11.5. The first-order chi connectivity index (χ1) is 17.7. The Labute approximate surface area is 225 Å². The zero-order chi connectivity index (χ0) is 26.7. The van der Waals surface area contributed by atoms with Crippen LogP contribution in [0, 0.1) is 19.8 Å². The van der Waals surface area contributed by atoms with E-state index < -0.39 is 5.91 Å². The van der Waals surface area contributed by atoms with Crippen molar-refractivity contribution in [3.63, 3.8) is 0 Å². The number of rotatable bonds is 10. The number of allylic oxidation sites excluding steroid dienone is 1. The largest absolute Gasteiger partial charge is 0.483 e. The molecular weight excluding hydrogens is 506 g/mol. The number of carbonyl (C=O) groups excluding carboxylic acids is 2. The maximum absolute atomic E-state index is 12.9. The Bertz CT molecular complexity index is 1330. The first-order valence-corrected chi connectivity index (χ1v) is 14.1. The van der Waals surface area contributed by atoms with Crippen LogP contribution in [0.5, 0.6) is 5.75 Å². The maximum Gasteiger partial charge on any atom is 0.251 e. The summed E-state index contributed by atoms with van der Waals surface area (Å²) in [4.78, 5) is 26.2. The number of aromatic nitrogens is 3. The molecule has 2 heterocycles. The number of benzene rings is 1. The van der Waals surface area contributed by atoms with Gasteiger partial charge in [0.25, 0.3) is 5.91 Å². The minimum atomic E-state index is -0.497. The zero-order valence-corrected chi connectivity index (χ0v) is 23.3. The molecule has 196 valence electrons. The first-order valence-electron chi connectivity index (χ1n) is 12.3. The number of nitrogens with one attached hydrogen (secondary N) is 1. The number of aryl methyl sites for hydroxylation is 2. The van der Waals surface area contributed by atoms with Gasteiger partial charge in [-0.1, -0.05) is 30.8 Å². The highest BCUT2D eigenvalue weighted by Crippen LogP contribution is 2.39. The molecule has 0 radical (unpaired) electrons. The number of nitrogens with two attached hydrogens (primary N) is 1. The standard InChI is InChI=1S/C27H33N5O3S2/c1-6-11-32-25(18(5)35-19-9-8-16(3)17(4)13-19)30-31-27(32)36-14-22(33)29-26-23(24(28)34)20-10-7-15(2)12-21(20)37-26/h6,8-9,13,15,18H,1,7,10-12,14H2,2-5H3,(H2,28,34)(H,29,33). The third kappa shape index (κ3) is 6.07. The fourth-order valence-electron chi connectivity index (χ4n) is 4.44. The number of primary amides is 1. The van der Waals surface area contributed by atoms with Gasteiger partial charge in [-0.3, -0.25) is 14.2 Å². The third-order valence-electron chi connectivity index (χ3n) is 6.56. The number of hydrogen-bond acceptors (Lipinski definition) is 7. The second-order valence-electron chi connectivity index (χ2n) is 9.50. The van der Waals surface area contributed by atoms with Crippen molar-refractivity contribution in [2.24, 2.45) is 11.7 Å². The molecule has 10 heteroatoms. The van der Waals surface area contributed by atoms with Gasteiger partial charge in [-0.05, 0) is 74.8 Å². The van der Waals surface area contributed by atoms with E-state index in [4.69, 9.17) is 10.5 Å². The third-order valence-corrected chi connectivity index (χ3v) is 8.69. The first kappa shape index (κ1) is 26.9. The predicted octanol–water partition coefficient (Wildman–Crippen LogP) is 5.24. The van der Waals surface area contributed by atoms with E-state index in [2.05, 4.69) is 35.9 Å². The van der Waals surface area contributed by atoms with Gasteiger partial charge >= 0.3 is 0 Å². The van der Waals surface area contributed by atoms with Gasteiger partial charge in [0.2, 0.25) is 5.91 Å². The summed E-state index contributed by atoms with van der Waals surface area (Å²) >= 11 is 2.74. The van der Waals surface area contributed by atoms with E-state index in [9.17, 15) is 9.59 Å². The number of fused-ring (bicyclic) bond motifs is 1. The summed E-state index contributed by atoms with van der Waals surface area (Å²) in [5.74, 6) is 1.35. The smallest absolute Gasteiger partial charge is 0.251 e. The number of anilines is 1. The molecule has 4 rings (SSSR count). The van der Waals surface area contributed by atoms with Gasteiger partial charge in [0.15, 0.2) is 17.1 Å². The Hall–Kier alpha value is -3.11. The topological polar surface area (TPSA) is 112 Å². The van der Waals surface area contributed by atoms with E-state index in [1.807, 2.05) is 36.6 Å². The number of carbonyl (C=O) groups is 2. The zero-order valence-electron chi connectivity index (χ0n) is 21.7. The SMILES string of the molecule is C=CCn1c(SCC(=O)Nc2sc3c(c2C(N)=O)CCC(C)C3)nnc1C(C)Oc1ccc(C)c(C)c1. The minimum Gasteiger partial charge on any atom is -0.483 e. The Morgan fingerprint density at radius 2 is 2.14 bits per heavy atom. The minimum absolute atomic E-state index is 0.110. The molecular formula is C27H33N5O3S2. The fourth-order valence-corrected chi connectivity index (χ4v) is 6.63. The average molecular weight is 540 g/mol. The van der Waals surface area contributed by atoms with Crippen LogP contribution in [0.1, 0.15) is 64.1 Å². The van der Waals surface area contributed by atoms with Gasteiger partial charge in [-0.25, -0.2) is 0 Å². The highest BCUT2D eigenvalue weighted by molar-refractivity contribution is 7.99. The van der Waals surface area contributed by atoms with Crippen LogP contribution in [0.2, 0.25) is 0 Å². The molecule has 2 atom stereocenters. The van der Waals surface area contributed by atoms with Crippen LogP contribution in [0.15, 0.2) is 36.0 Å². The van der Waals surface area contributed by atoms with Gasteiger partial charge in [-0.15, -0.1) is 28.1 Å². The Morgan fingerprint density at radius 3 is 2.84 bits per heavy atom. The molecule has 0 saturated carbocycles. The van der Waals surface area contributed by atoms with Gasteiger partial charge in [-0.2, -0.15) is 0 Å². The molecule has 3 N–H and O–H groups in total. The van der Waals surface area contributed by atoms with Crippen LogP contribution in [0.25, 0.3) is 0 Å². The average Bonchev–Trinajstić information content (AvgIpc) is 3.40. The Morgan fingerprint density at radius 1 is 1.35 bits per heavy atom. The van der Waals surface area contributed by atoms with E-state index >= 15 is 0 Å². The van der Waals surface area contributed by atoms with Gasteiger partial charge in [0.05, 0.1) is 11.3 Å². The quantitative estimate of drug-likeness (QED) is 0.269. The molecule has 3 aromatic rings. The van der Waals surface area contributed by atoms with Crippen molar-refractivity contribution in [3.8, 4) is 5.75 Å². The summed E-state index contributed by atoms with van der Waals surface area (Å²) in [5.41, 5.74) is 9.49. The molecule has 1 aliphatic rings. The fraction of sp³-hybridized carbons (Fsp3) is 0.407. The monoisotopic (exact) mass is 539 g/mol. The van der Waals surface area contributed by atoms with Crippen molar-refractivity contribution in [1.29, 1.82) is 0 Å². The number of thioether (sulfide) groups is 1. The van der Waals surface area contributed by atoms with Gasteiger partial charge in [0, 0.05) is 11.4 Å². The van der Waals surface area contributed by atoms with Crippen molar-refractivity contribution in [2.75, 3.05) is 11.1 Å². The molecule has 1 aromatic carbocycles. The van der Waals surface area contributed by atoms with E-state index in [0.717, 1.165) is 41.0 Å². The second-order valence-corrected chi connectivity index (χ2v) is 11.6. The lowest BCUT2D eigenvalue weighted by atomic mass is 9.88. The van der Waals surface area contributed by atoms with Crippen molar-refractivity contribution >= 4 is 39.9 Å². The number of thiophene rings is 1. The molecule has 2 amide bonds. The van der Waals surface area contributed by atoms with E-state index in [1.54, 1.807) is 6.08 Å². The van der Waals surface area contributed by atoms with Crippen molar-refractivity contribution < 1.29 is 14.3 Å². The molecule has 0 bridgehead atoms. The van der Waals surface area contributed by atoms with Crippen LogP contribution in [0.4, 0.5) is 5.00 Å². The van der Waals surface area contributed by atoms with E-state index in [-0.39, 0.29) is 17.8 Å².